The summed E-state index contributed by atoms with van der Waals surface area (Å²) in [6.07, 6.45) is 0.657. The third kappa shape index (κ3) is 3.31. The molecule has 8 nitrogen and oxygen atoms in total. The Bertz CT molecular complexity index is 718. The van der Waals surface area contributed by atoms with Gasteiger partial charge in [-0.05, 0) is 17.8 Å². The van der Waals surface area contributed by atoms with Crippen molar-refractivity contribution in [3.8, 4) is 0 Å². The molecular weight excluding hydrogens is 318 g/mol. The van der Waals surface area contributed by atoms with Gasteiger partial charge in [-0.15, -0.1) is 5.10 Å². The number of nitro benzene ring substituents is 1. The van der Waals surface area contributed by atoms with E-state index in [9.17, 15) is 14.9 Å². The Labute approximate surface area is 128 Å². The van der Waals surface area contributed by atoms with Gasteiger partial charge in [-0.2, -0.15) is 0 Å². The van der Waals surface area contributed by atoms with Crippen molar-refractivity contribution in [3.63, 3.8) is 0 Å². The molecule has 0 saturated carbocycles. The predicted octanol–water partition coefficient (Wildman–Crippen LogP) is 2.18. The number of rotatable bonds is 5. The SMILES string of the molecule is CCc1nc(Sc2c(Cl)cc(C(N)=O)cc2[N+](=O)[O-])n[nH]1. The molecule has 110 valence electrons. The summed E-state index contributed by atoms with van der Waals surface area (Å²) in [4.78, 5) is 26.0. The van der Waals surface area contributed by atoms with Crippen LogP contribution < -0.4 is 5.73 Å². The summed E-state index contributed by atoms with van der Waals surface area (Å²) in [5.74, 6) is -0.132. The molecule has 1 aromatic carbocycles. The Morgan fingerprint density at radius 3 is 2.81 bits per heavy atom. The van der Waals surface area contributed by atoms with E-state index in [2.05, 4.69) is 15.2 Å². The summed E-state index contributed by atoms with van der Waals surface area (Å²) in [6.45, 7) is 1.89. The molecule has 1 amide bonds. The minimum atomic E-state index is -0.789. The number of halogens is 1. The average Bonchev–Trinajstić information content (AvgIpc) is 2.88. The van der Waals surface area contributed by atoms with Crippen molar-refractivity contribution in [2.75, 3.05) is 0 Å². The lowest BCUT2D eigenvalue weighted by Crippen LogP contribution is -2.11. The zero-order valence-corrected chi connectivity index (χ0v) is 12.4. The number of benzene rings is 1. The molecule has 3 N–H and O–H groups in total. The van der Waals surface area contributed by atoms with Crippen LogP contribution >= 0.6 is 23.4 Å². The van der Waals surface area contributed by atoms with Crippen molar-refractivity contribution < 1.29 is 9.72 Å². The van der Waals surface area contributed by atoms with Gasteiger partial charge in [0.2, 0.25) is 11.1 Å². The molecule has 0 aliphatic heterocycles. The minimum absolute atomic E-state index is 0.0275. The van der Waals surface area contributed by atoms with Crippen molar-refractivity contribution >= 4 is 35.0 Å². The first-order valence-corrected chi connectivity index (χ1v) is 6.98. The monoisotopic (exact) mass is 327 g/mol. The number of primary amides is 1. The topological polar surface area (TPSA) is 128 Å². The molecule has 0 saturated heterocycles. The number of nitro groups is 1. The van der Waals surface area contributed by atoms with Gasteiger partial charge >= 0.3 is 0 Å². The number of amides is 1. The van der Waals surface area contributed by atoms with Crippen molar-refractivity contribution in [2.45, 2.75) is 23.4 Å². The van der Waals surface area contributed by atoms with Crippen LogP contribution in [0, 0.1) is 10.1 Å². The van der Waals surface area contributed by atoms with Crippen molar-refractivity contribution in [2.24, 2.45) is 5.73 Å². The van der Waals surface area contributed by atoms with Gasteiger partial charge in [0.15, 0.2) is 0 Å². The van der Waals surface area contributed by atoms with Crippen LogP contribution in [0.15, 0.2) is 22.2 Å². The number of carbonyl (C=O) groups excluding carboxylic acids is 1. The highest BCUT2D eigenvalue weighted by Gasteiger charge is 2.23. The van der Waals surface area contributed by atoms with Gasteiger partial charge in [-0.3, -0.25) is 20.0 Å². The Morgan fingerprint density at radius 1 is 1.57 bits per heavy atom. The number of nitrogens with two attached hydrogens (primary N) is 1. The molecule has 2 aromatic rings. The predicted molar refractivity (Wildman–Crippen MR) is 76.5 cm³/mol. The second kappa shape index (κ2) is 6.10. The average molecular weight is 328 g/mol. The highest BCUT2D eigenvalue weighted by atomic mass is 35.5. The molecule has 0 aliphatic carbocycles. The van der Waals surface area contributed by atoms with E-state index in [1.54, 1.807) is 0 Å². The molecule has 0 bridgehead atoms. The van der Waals surface area contributed by atoms with Crippen LogP contribution in [-0.4, -0.2) is 26.0 Å². The maximum Gasteiger partial charge on any atom is 0.285 e. The number of carbonyl (C=O) groups is 1. The largest absolute Gasteiger partial charge is 0.366 e. The molecular formula is C11H10ClN5O3S. The van der Waals surface area contributed by atoms with Gasteiger partial charge < -0.3 is 5.73 Å². The number of hydrogen-bond acceptors (Lipinski definition) is 6. The van der Waals surface area contributed by atoms with Gasteiger partial charge in [0, 0.05) is 18.1 Å². The summed E-state index contributed by atoms with van der Waals surface area (Å²) >= 11 is 6.96. The van der Waals surface area contributed by atoms with Gasteiger partial charge in [-0.25, -0.2) is 4.98 Å². The summed E-state index contributed by atoms with van der Waals surface area (Å²) in [5.41, 5.74) is 4.78. The number of hydrogen-bond donors (Lipinski definition) is 2. The quantitative estimate of drug-likeness (QED) is 0.639. The normalized spacial score (nSPS) is 10.6. The minimum Gasteiger partial charge on any atom is -0.366 e. The Hall–Kier alpha value is -2.13. The zero-order chi connectivity index (χ0) is 15.6. The first kappa shape index (κ1) is 15.3. The van der Waals surface area contributed by atoms with Gasteiger partial charge in [0.25, 0.3) is 5.69 Å². The molecule has 10 heteroatoms. The van der Waals surface area contributed by atoms with Crippen molar-refractivity contribution in [1.29, 1.82) is 0 Å². The zero-order valence-electron chi connectivity index (χ0n) is 10.8. The van der Waals surface area contributed by atoms with E-state index in [1.165, 1.54) is 6.07 Å². The number of aromatic amines is 1. The van der Waals surface area contributed by atoms with Crippen LogP contribution in [0.1, 0.15) is 23.1 Å². The smallest absolute Gasteiger partial charge is 0.285 e. The maximum atomic E-state index is 11.1. The van der Waals surface area contributed by atoms with Crippen molar-refractivity contribution in [1.82, 2.24) is 15.2 Å². The number of aryl methyl sites for hydroxylation is 1. The first-order chi connectivity index (χ1) is 9.92. The molecule has 0 atom stereocenters. The van der Waals surface area contributed by atoms with Crippen LogP contribution in [0.2, 0.25) is 5.02 Å². The number of nitrogens with zero attached hydrogens (tertiary/aromatic N) is 3. The van der Waals surface area contributed by atoms with Gasteiger partial charge in [0.05, 0.1) is 9.95 Å². The second-order valence-electron chi connectivity index (χ2n) is 3.95. The van der Waals surface area contributed by atoms with Crippen LogP contribution in [0.5, 0.6) is 0 Å². The van der Waals surface area contributed by atoms with E-state index in [-0.39, 0.29) is 21.2 Å². The summed E-state index contributed by atoms with van der Waals surface area (Å²) < 4.78 is 0. The molecule has 0 fully saturated rings. The Kier molecular flexibility index (Phi) is 4.43. The third-order valence-electron chi connectivity index (χ3n) is 2.54. The molecule has 0 unspecified atom stereocenters. The van der Waals surface area contributed by atoms with Crippen LogP contribution in [0.4, 0.5) is 5.69 Å². The summed E-state index contributed by atoms with van der Waals surface area (Å²) in [5, 5.41) is 18.1. The fourth-order valence-electron chi connectivity index (χ4n) is 1.53. The van der Waals surface area contributed by atoms with E-state index in [4.69, 9.17) is 17.3 Å². The first-order valence-electron chi connectivity index (χ1n) is 5.79. The molecule has 0 spiro atoms. The van der Waals surface area contributed by atoms with Gasteiger partial charge in [0.1, 0.15) is 10.7 Å². The lowest BCUT2D eigenvalue weighted by Gasteiger charge is -2.05. The van der Waals surface area contributed by atoms with Crippen LogP contribution in [0.3, 0.4) is 0 Å². The molecule has 2 rings (SSSR count). The second-order valence-corrected chi connectivity index (χ2v) is 5.33. The van der Waals surface area contributed by atoms with E-state index >= 15 is 0 Å². The van der Waals surface area contributed by atoms with Crippen molar-refractivity contribution in [3.05, 3.63) is 38.7 Å². The number of aromatic nitrogens is 3. The standard InChI is InChI=1S/C11H10ClN5O3S/c1-2-8-14-11(16-15-8)21-9-6(12)3-5(10(13)18)4-7(9)17(19)20/h3-4H,2H2,1H3,(H2,13,18)(H,14,15,16). The van der Waals surface area contributed by atoms with E-state index < -0.39 is 10.8 Å². The lowest BCUT2D eigenvalue weighted by atomic mass is 10.2. The van der Waals surface area contributed by atoms with E-state index in [0.717, 1.165) is 17.8 Å². The fourth-order valence-corrected chi connectivity index (χ4v) is 2.68. The highest BCUT2D eigenvalue weighted by Crippen LogP contribution is 2.39. The Morgan fingerprint density at radius 2 is 2.29 bits per heavy atom. The van der Waals surface area contributed by atoms with Crippen LogP contribution in [0.25, 0.3) is 0 Å². The van der Waals surface area contributed by atoms with E-state index in [1.807, 2.05) is 6.92 Å². The maximum absolute atomic E-state index is 11.1. The lowest BCUT2D eigenvalue weighted by molar-refractivity contribution is -0.387. The molecule has 0 aliphatic rings. The molecule has 1 heterocycles. The highest BCUT2D eigenvalue weighted by molar-refractivity contribution is 7.99. The number of nitrogens with one attached hydrogen (secondary N) is 1. The molecule has 1 aromatic heterocycles. The summed E-state index contributed by atoms with van der Waals surface area (Å²) in [7, 11) is 0. The molecule has 0 radical (unpaired) electrons. The van der Waals surface area contributed by atoms with Crippen LogP contribution in [-0.2, 0) is 6.42 Å². The fraction of sp³-hybridized carbons (Fsp3) is 0.182. The Balaban J connectivity index is 2.46. The third-order valence-corrected chi connectivity index (χ3v) is 3.95. The van der Waals surface area contributed by atoms with Gasteiger partial charge in [-0.1, -0.05) is 18.5 Å². The molecule has 21 heavy (non-hydrogen) atoms. The number of H-pyrrole nitrogens is 1. The van der Waals surface area contributed by atoms with E-state index in [0.29, 0.717) is 17.4 Å². The summed E-state index contributed by atoms with van der Waals surface area (Å²) in [6, 6.07) is 2.37.